The van der Waals surface area contributed by atoms with Crippen molar-refractivity contribution < 1.29 is 35.0 Å². The molecule has 0 spiro atoms. The van der Waals surface area contributed by atoms with E-state index in [-0.39, 0.29) is 17.7 Å². The predicted molar refractivity (Wildman–Crippen MR) is 119 cm³/mol. The standard InChI is InChI=1S/C24H26N2O7/c1-13(2)26-17-5-3-4-15(9-6-14-7-10-16(28)11-8-14)19(17)23(25-26)33-24-22(31)21(30)20(29)18(12-27)32-24/h3-5,7-8,10-11,13,18,20-22,24,27-31H,12H2,1-2H3/t18-,20-,21+,22-,24+/m1/s1. The molecule has 2 heterocycles. The number of aromatic nitrogens is 2. The summed E-state index contributed by atoms with van der Waals surface area (Å²) < 4.78 is 13.1. The van der Waals surface area contributed by atoms with Gasteiger partial charge in [0.05, 0.1) is 17.5 Å². The maximum atomic E-state index is 10.4. The van der Waals surface area contributed by atoms with Gasteiger partial charge in [0.1, 0.15) is 30.2 Å². The maximum Gasteiger partial charge on any atom is 0.244 e. The van der Waals surface area contributed by atoms with Crippen LogP contribution in [0.2, 0.25) is 0 Å². The maximum absolute atomic E-state index is 10.4. The molecule has 1 aliphatic rings. The third kappa shape index (κ3) is 4.53. The minimum Gasteiger partial charge on any atom is -0.508 e. The first-order chi connectivity index (χ1) is 15.8. The lowest BCUT2D eigenvalue weighted by Crippen LogP contribution is -2.60. The number of hydrogen-bond acceptors (Lipinski definition) is 8. The van der Waals surface area contributed by atoms with Gasteiger partial charge in [-0.1, -0.05) is 17.9 Å². The summed E-state index contributed by atoms with van der Waals surface area (Å²) in [5, 5.41) is 54.6. The molecule has 9 nitrogen and oxygen atoms in total. The van der Waals surface area contributed by atoms with Crippen molar-refractivity contribution in [3.8, 4) is 23.5 Å². The molecule has 2 aromatic carbocycles. The number of aliphatic hydroxyl groups is 4. The normalized spacial score (nSPS) is 25.1. The molecule has 1 fully saturated rings. The molecular formula is C24H26N2O7. The Kier molecular flexibility index (Phi) is 6.56. The lowest BCUT2D eigenvalue weighted by atomic mass is 9.99. The average molecular weight is 454 g/mol. The van der Waals surface area contributed by atoms with Gasteiger partial charge in [-0.15, -0.1) is 5.10 Å². The number of benzene rings is 2. The molecule has 0 radical (unpaired) electrons. The predicted octanol–water partition coefficient (Wildman–Crippen LogP) is 0.901. The van der Waals surface area contributed by atoms with Gasteiger partial charge < -0.3 is 35.0 Å². The summed E-state index contributed by atoms with van der Waals surface area (Å²) in [6.07, 6.45) is -7.06. The SMILES string of the molecule is CC(C)n1nc(O[C@@H]2O[C@H](CO)[C@@H](O)[C@H](O)[C@H]2O)c2c(C#Cc3ccc(O)cc3)cccc21. The summed E-state index contributed by atoms with van der Waals surface area (Å²) in [6, 6.07) is 12.0. The minimum absolute atomic E-state index is 0.0139. The molecule has 5 atom stereocenters. The van der Waals surface area contributed by atoms with E-state index in [0.717, 1.165) is 5.52 Å². The molecule has 4 rings (SSSR count). The number of aliphatic hydroxyl groups excluding tert-OH is 4. The van der Waals surface area contributed by atoms with Gasteiger partial charge in [-0.2, -0.15) is 0 Å². The quantitative estimate of drug-likeness (QED) is 0.367. The van der Waals surface area contributed by atoms with Crippen LogP contribution in [0.15, 0.2) is 42.5 Å². The van der Waals surface area contributed by atoms with E-state index in [4.69, 9.17) is 9.47 Å². The van der Waals surface area contributed by atoms with Crippen molar-refractivity contribution in [1.82, 2.24) is 9.78 Å². The van der Waals surface area contributed by atoms with Crippen LogP contribution in [-0.2, 0) is 4.74 Å². The summed E-state index contributed by atoms with van der Waals surface area (Å²) in [4.78, 5) is 0. The second-order valence-corrected chi connectivity index (χ2v) is 8.16. The third-order valence-electron chi connectivity index (χ3n) is 5.48. The van der Waals surface area contributed by atoms with Crippen LogP contribution in [0.5, 0.6) is 11.6 Å². The van der Waals surface area contributed by atoms with Crippen molar-refractivity contribution in [2.24, 2.45) is 0 Å². The second-order valence-electron chi connectivity index (χ2n) is 8.16. The van der Waals surface area contributed by atoms with E-state index in [1.807, 2.05) is 32.0 Å². The Balaban J connectivity index is 1.76. The molecule has 0 bridgehead atoms. The summed E-state index contributed by atoms with van der Waals surface area (Å²) in [7, 11) is 0. The van der Waals surface area contributed by atoms with E-state index in [1.165, 1.54) is 0 Å². The molecular weight excluding hydrogens is 428 g/mol. The van der Waals surface area contributed by atoms with Gasteiger partial charge in [0.25, 0.3) is 0 Å². The summed E-state index contributed by atoms with van der Waals surface area (Å²) >= 11 is 0. The number of fused-ring (bicyclic) bond motifs is 1. The minimum atomic E-state index is -1.56. The van der Waals surface area contributed by atoms with Crippen molar-refractivity contribution in [3.05, 3.63) is 53.6 Å². The first-order valence-electron chi connectivity index (χ1n) is 10.6. The molecule has 0 unspecified atom stereocenters. The van der Waals surface area contributed by atoms with Crippen molar-refractivity contribution in [3.63, 3.8) is 0 Å². The van der Waals surface area contributed by atoms with E-state index >= 15 is 0 Å². The van der Waals surface area contributed by atoms with E-state index in [9.17, 15) is 25.5 Å². The Hall–Kier alpha value is -3.13. The van der Waals surface area contributed by atoms with Gasteiger partial charge in [0, 0.05) is 17.2 Å². The monoisotopic (exact) mass is 454 g/mol. The Morgan fingerprint density at radius 1 is 1.03 bits per heavy atom. The number of rotatable bonds is 4. The van der Waals surface area contributed by atoms with Gasteiger partial charge in [-0.25, -0.2) is 0 Å². The molecule has 0 saturated carbocycles. The summed E-state index contributed by atoms with van der Waals surface area (Å²) in [5.74, 6) is 6.44. The number of phenolic OH excluding ortho intramolecular Hbond substituents is 1. The molecule has 0 aliphatic carbocycles. The first kappa shape index (κ1) is 23.0. The van der Waals surface area contributed by atoms with Crippen molar-refractivity contribution in [1.29, 1.82) is 0 Å². The molecule has 0 amide bonds. The number of ether oxygens (including phenoxy) is 2. The zero-order chi connectivity index (χ0) is 23.7. The molecule has 3 aromatic rings. The molecule has 174 valence electrons. The molecule has 1 saturated heterocycles. The van der Waals surface area contributed by atoms with E-state index in [2.05, 4.69) is 16.9 Å². The van der Waals surface area contributed by atoms with E-state index in [1.54, 1.807) is 28.9 Å². The Bertz CT molecular complexity index is 1180. The van der Waals surface area contributed by atoms with Crippen LogP contribution in [0.3, 0.4) is 0 Å². The highest BCUT2D eigenvalue weighted by Crippen LogP contribution is 2.33. The fraction of sp³-hybridized carbons (Fsp3) is 0.375. The van der Waals surface area contributed by atoms with Crippen LogP contribution in [0.4, 0.5) is 0 Å². The van der Waals surface area contributed by atoms with Crippen LogP contribution >= 0.6 is 0 Å². The topological polar surface area (TPSA) is 137 Å². The van der Waals surface area contributed by atoms with Gasteiger partial charge in [0.2, 0.25) is 12.2 Å². The van der Waals surface area contributed by atoms with Crippen LogP contribution in [0.1, 0.15) is 31.0 Å². The Labute approximate surface area is 190 Å². The van der Waals surface area contributed by atoms with Gasteiger partial charge in [-0.05, 0) is 50.2 Å². The van der Waals surface area contributed by atoms with E-state index < -0.39 is 37.3 Å². The summed E-state index contributed by atoms with van der Waals surface area (Å²) in [6.45, 7) is 3.35. The molecule has 33 heavy (non-hydrogen) atoms. The average Bonchev–Trinajstić information content (AvgIpc) is 3.18. The Morgan fingerprint density at radius 2 is 1.76 bits per heavy atom. The number of aromatic hydroxyl groups is 1. The fourth-order valence-corrected chi connectivity index (χ4v) is 3.70. The molecule has 9 heteroatoms. The second kappa shape index (κ2) is 9.39. The van der Waals surface area contributed by atoms with Gasteiger partial charge >= 0.3 is 0 Å². The highest BCUT2D eigenvalue weighted by Gasteiger charge is 2.45. The first-order valence-corrected chi connectivity index (χ1v) is 10.6. The highest BCUT2D eigenvalue weighted by molar-refractivity contribution is 5.90. The van der Waals surface area contributed by atoms with Crippen LogP contribution in [-0.4, -0.2) is 72.6 Å². The zero-order valence-electron chi connectivity index (χ0n) is 18.2. The van der Waals surface area contributed by atoms with Gasteiger partial charge in [-0.3, -0.25) is 4.68 Å². The van der Waals surface area contributed by atoms with Gasteiger partial charge in [0.15, 0.2) is 0 Å². The highest BCUT2D eigenvalue weighted by atomic mass is 16.7. The molecule has 1 aromatic heterocycles. The van der Waals surface area contributed by atoms with E-state index in [0.29, 0.717) is 16.5 Å². The largest absolute Gasteiger partial charge is 0.508 e. The molecule has 1 aliphatic heterocycles. The lowest BCUT2D eigenvalue weighted by molar-refractivity contribution is -0.278. The summed E-state index contributed by atoms with van der Waals surface area (Å²) in [5.41, 5.74) is 2.08. The zero-order valence-corrected chi connectivity index (χ0v) is 18.2. The van der Waals surface area contributed by atoms with Crippen molar-refractivity contribution in [2.45, 2.75) is 50.6 Å². The third-order valence-corrected chi connectivity index (χ3v) is 5.48. The number of phenols is 1. The fourth-order valence-electron chi connectivity index (χ4n) is 3.70. The van der Waals surface area contributed by atoms with Crippen LogP contribution in [0, 0.1) is 11.8 Å². The molecule has 5 N–H and O–H groups in total. The Morgan fingerprint density at radius 3 is 2.42 bits per heavy atom. The van der Waals surface area contributed by atoms with Crippen molar-refractivity contribution >= 4 is 10.9 Å². The van der Waals surface area contributed by atoms with Crippen LogP contribution in [0.25, 0.3) is 10.9 Å². The van der Waals surface area contributed by atoms with Crippen molar-refractivity contribution in [2.75, 3.05) is 6.61 Å². The lowest BCUT2D eigenvalue weighted by Gasteiger charge is -2.39. The number of hydrogen-bond donors (Lipinski definition) is 5. The smallest absolute Gasteiger partial charge is 0.244 e. The number of nitrogens with zero attached hydrogens (tertiary/aromatic N) is 2. The van der Waals surface area contributed by atoms with Crippen LogP contribution < -0.4 is 4.74 Å².